The maximum atomic E-state index is 12.4. The SMILES string of the molecule is C[C@@H]1CO[C@@H](c2ccccc2)[C@H](C)N1CCN1C(=O)NC(C)(C)C1=O. The smallest absolute Gasteiger partial charge is 0.325 e. The molecule has 2 aliphatic heterocycles. The molecule has 2 heterocycles. The summed E-state index contributed by atoms with van der Waals surface area (Å²) in [6, 6.07) is 10.3. The highest BCUT2D eigenvalue weighted by atomic mass is 16.5. The van der Waals surface area contributed by atoms with Crippen molar-refractivity contribution in [3.8, 4) is 0 Å². The van der Waals surface area contributed by atoms with Gasteiger partial charge < -0.3 is 10.1 Å². The van der Waals surface area contributed by atoms with E-state index in [1.807, 2.05) is 18.2 Å². The van der Waals surface area contributed by atoms with Crippen molar-refractivity contribution in [2.45, 2.75) is 51.4 Å². The Bertz CT molecular complexity index is 647. The summed E-state index contributed by atoms with van der Waals surface area (Å²) in [5.41, 5.74) is 0.342. The van der Waals surface area contributed by atoms with Crippen LogP contribution in [-0.4, -0.2) is 59.1 Å². The molecule has 0 radical (unpaired) electrons. The molecule has 1 aromatic rings. The second-order valence-corrected chi connectivity index (χ2v) is 7.50. The molecule has 2 fully saturated rings. The first-order chi connectivity index (χ1) is 11.8. The fraction of sp³-hybridized carbons (Fsp3) is 0.579. The van der Waals surface area contributed by atoms with Gasteiger partial charge in [0.05, 0.1) is 12.7 Å². The Morgan fingerprint density at radius 2 is 1.84 bits per heavy atom. The lowest BCUT2D eigenvalue weighted by Crippen LogP contribution is -2.53. The van der Waals surface area contributed by atoms with Crippen LogP contribution in [-0.2, 0) is 9.53 Å². The van der Waals surface area contributed by atoms with E-state index >= 15 is 0 Å². The number of hydrogen-bond acceptors (Lipinski definition) is 4. The summed E-state index contributed by atoms with van der Waals surface area (Å²) in [7, 11) is 0. The van der Waals surface area contributed by atoms with Crippen LogP contribution in [0, 0.1) is 0 Å². The summed E-state index contributed by atoms with van der Waals surface area (Å²) in [5.74, 6) is -0.161. The minimum Gasteiger partial charge on any atom is -0.370 e. The predicted molar refractivity (Wildman–Crippen MR) is 95.1 cm³/mol. The van der Waals surface area contributed by atoms with Crippen LogP contribution in [0.5, 0.6) is 0 Å². The first kappa shape index (κ1) is 17.9. The molecular weight excluding hydrogens is 318 g/mol. The van der Waals surface area contributed by atoms with Crippen molar-refractivity contribution in [1.29, 1.82) is 0 Å². The van der Waals surface area contributed by atoms with Crippen LogP contribution < -0.4 is 5.32 Å². The molecule has 1 N–H and O–H groups in total. The Hall–Kier alpha value is -1.92. The number of morpholine rings is 1. The van der Waals surface area contributed by atoms with Crippen LogP contribution in [0.4, 0.5) is 4.79 Å². The summed E-state index contributed by atoms with van der Waals surface area (Å²) in [6.07, 6.45) is -0.00283. The number of benzene rings is 1. The number of ether oxygens (including phenoxy) is 1. The summed E-state index contributed by atoms with van der Waals surface area (Å²) >= 11 is 0. The van der Waals surface area contributed by atoms with Crippen molar-refractivity contribution in [2.24, 2.45) is 0 Å². The number of rotatable bonds is 4. The van der Waals surface area contributed by atoms with E-state index in [4.69, 9.17) is 4.74 Å². The normalized spacial score (nSPS) is 29.8. The van der Waals surface area contributed by atoms with Gasteiger partial charge in [0.25, 0.3) is 5.91 Å². The van der Waals surface area contributed by atoms with Crippen molar-refractivity contribution in [3.63, 3.8) is 0 Å². The Morgan fingerprint density at radius 1 is 1.16 bits per heavy atom. The fourth-order valence-electron chi connectivity index (χ4n) is 3.73. The fourth-order valence-corrected chi connectivity index (χ4v) is 3.73. The van der Waals surface area contributed by atoms with Crippen LogP contribution in [0.15, 0.2) is 30.3 Å². The highest BCUT2D eigenvalue weighted by molar-refractivity contribution is 6.06. The topological polar surface area (TPSA) is 61.9 Å². The number of amides is 3. The van der Waals surface area contributed by atoms with Crippen LogP contribution in [0.2, 0.25) is 0 Å². The van der Waals surface area contributed by atoms with E-state index in [0.29, 0.717) is 19.7 Å². The maximum Gasteiger partial charge on any atom is 0.325 e. The van der Waals surface area contributed by atoms with E-state index in [-0.39, 0.29) is 30.1 Å². The molecule has 0 aromatic heterocycles. The minimum atomic E-state index is -0.814. The zero-order chi connectivity index (χ0) is 18.2. The van der Waals surface area contributed by atoms with E-state index in [0.717, 1.165) is 5.56 Å². The number of carbonyl (C=O) groups excluding carboxylic acids is 2. The van der Waals surface area contributed by atoms with Gasteiger partial charge in [-0.25, -0.2) is 4.79 Å². The molecule has 0 aliphatic carbocycles. The lowest BCUT2D eigenvalue weighted by molar-refractivity contribution is -0.131. The largest absolute Gasteiger partial charge is 0.370 e. The number of carbonyl (C=O) groups is 2. The number of urea groups is 1. The van der Waals surface area contributed by atoms with E-state index in [1.54, 1.807) is 13.8 Å². The first-order valence-corrected chi connectivity index (χ1v) is 8.87. The van der Waals surface area contributed by atoms with Gasteiger partial charge >= 0.3 is 6.03 Å². The Labute approximate surface area is 149 Å². The van der Waals surface area contributed by atoms with Crippen molar-refractivity contribution >= 4 is 11.9 Å². The van der Waals surface area contributed by atoms with E-state index < -0.39 is 5.54 Å². The average Bonchev–Trinajstić information content (AvgIpc) is 2.76. The van der Waals surface area contributed by atoms with E-state index in [1.165, 1.54) is 4.90 Å². The second kappa shape index (κ2) is 6.77. The van der Waals surface area contributed by atoms with Gasteiger partial charge in [0.2, 0.25) is 0 Å². The third-order valence-electron chi connectivity index (χ3n) is 5.20. The molecule has 2 saturated heterocycles. The monoisotopic (exact) mass is 345 g/mol. The quantitative estimate of drug-likeness (QED) is 0.850. The van der Waals surface area contributed by atoms with Crippen LogP contribution in [0.25, 0.3) is 0 Å². The van der Waals surface area contributed by atoms with Gasteiger partial charge in [-0.2, -0.15) is 0 Å². The molecule has 1 aromatic carbocycles. The zero-order valence-electron chi connectivity index (χ0n) is 15.4. The molecule has 0 bridgehead atoms. The third-order valence-corrected chi connectivity index (χ3v) is 5.20. The highest BCUT2D eigenvalue weighted by Gasteiger charge is 2.44. The van der Waals surface area contributed by atoms with Crippen molar-refractivity contribution in [1.82, 2.24) is 15.1 Å². The van der Waals surface area contributed by atoms with Crippen LogP contribution in [0.3, 0.4) is 0 Å². The van der Waals surface area contributed by atoms with Crippen molar-refractivity contribution in [2.75, 3.05) is 19.7 Å². The van der Waals surface area contributed by atoms with E-state index in [9.17, 15) is 9.59 Å². The van der Waals surface area contributed by atoms with Gasteiger partial charge in [-0.05, 0) is 33.3 Å². The molecule has 3 atom stereocenters. The molecule has 2 aliphatic rings. The van der Waals surface area contributed by atoms with Gasteiger partial charge in [0, 0.05) is 25.2 Å². The summed E-state index contributed by atoms with van der Waals surface area (Å²) in [6.45, 7) is 9.40. The van der Waals surface area contributed by atoms with Gasteiger partial charge in [0.1, 0.15) is 5.54 Å². The van der Waals surface area contributed by atoms with Gasteiger partial charge in [0.15, 0.2) is 0 Å². The second-order valence-electron chi connectivity index (χ2n) is 7.50. The number of hydrogen-bond donors (Lipinski definition) is 1. The van der Waals surface area contributed by atoms with Crippen LogP contribution in [0.1, 0.15) is 39.4 Å². The molecular formula is C19H27N3O3. The molecule has 6 heteroatoms. The predicted octanol–water partition coefficient (Wildman–Crippen LogP) is 2.17. The van der Waals surface area contributed by atoms with E-state index in [2.05, 4.69) is 36.2 Å². The molecule has 3 amide bonds. The molecule has 0 unspecified atom stereocenters. The van der Waals surface area contributed by atoms with Crippen molar-refractivity contribution < 1.29 is 14.3 Å². The number of nitrogens with one attached hydrogen (secondary N) is 1. The molecule has 0 spiro atoms. The number of imide groups is 1. The molecule has 0 saturated carbocycles. The standard InChI is InChI=1S/C19H27N3O3/c1-13-12-25-16(15-8-6-5-7-9-15)14(2)21(13)10-11-22-17(23)19(3,4)20-18(22)24/h5-9,13-14,16H,10-12H2,1-4H3,(H,20,24)/t13-,14+,16-/m1/s1. The molecule has 25 heavy (non-hydrogen) atoms. The molecule has 3 rings (SSSR count). The lowest BCUT2D eigenvalue weighted by Gasteiger charge is -2.44. The molecule has 6 nitrogen and oxygen atoms in total. The maximum absolute atomic E-state index is 12.4. The van der Waals surface area contributed by atoms with Gasteiger partial charge in [-0.3, -0.25) is 14.6 Å². The summed E-state index contributed by atoms with van der Waals surface area (Å²) < 4.78 is 6.06. The molecule has 136 valence electrons. The average molecular weight is 345 g/mol. The Balaban J connectivity index is 1.68. The van der Waals surface area contributed by atoms with Gasteiger partial charge in [-0.1, -0.05) is 30.3 Å². The first-order valence-electron chi connectivity index (χ1n) is 8.87. The van der Waals surface area contributed by atoms with Crippen LogP contribution >= 0.6 is 0 Å². The Kier molecular flexibility index (Phi) is 4.84. The van der Waals surface area contributed by atoms with Crippen molar-refractivity contribution in [3.05, 3.63) is 35.9 Å². The van der Waals surface area contributed by atoms with Gasteiger partial charge in [-0.15, -0.1) is 0 Å². The summed E-state index contributed by atoms with van der Waals surface area (Å²) in [5, 5.41) is 2.73. The minimum absolute atomic E-state index is 0.00283. The number of nitrogens with zero attached hydrogens (tertiary/aromatic N) is 2. The Morgan fingerprint density at radius 3 is 2.44 bits per heavy atom. The third kappa shape index (κ3) is 3.41. The highest BCUT2D eigenvalue weighted by Crippen LogP contribution is 2.30. The zero-order valence-corrected chi connectivity index (χ0v) is 15.4. The lowest BCUT2D eigenvalue weighted by atomic mass is 9.98. The summed E-state index contributed by atoms with van der Waals surface area (Å²) in [4.78, 5) is 28.1.